The Hall–Kier alpha value is -1.46. The molecule has 0 radical (unpaired) electrons. The van der Waals surface area contributed by atoms with Crippen LogP contribution in [0.15, 0.2) is 24.4 Å². The molecule has 1 N–H and O–H groups in total. The molecule has 5 heteroatoms. The van der Waals surface area contributed by atoms with Gasteiger partial charge in [0, 0.05) is 22.6 Å². The summed E-state index contributed by atoms with van der Waals surface area (Å²) in [5.74, 6) is 0.788. The lowest BCUT2D eigenvalue weighted by Gasteiger charge is -2.32. The van der Waals surface area contributed by atoms with E-state index in [0.29, 0.717) is 0 Å². The van der Waals surface area contributed by atoms with Gasteiger partial charge < -0.3 is 19.0 Å². The maximum absolute atomic E-state index is 6.15. The van der Waals surface area contributed by atoms with Crippen LogP contribution in [0.2, 0.25) is 0 Å². The maximum Gasteiger partial charge on any atom is 0.499 e. The summed E-state index contributed by atoms with van der Waals surface area (Å²) in [6.07, 6.45) is 1.92. The van der Waals surface area contributed by atoms with E-state index in [9.17, 15) is 0 Å². The zero-order valence-electron chi connectivity index (χ0n) is 12.6. The molecule has 0 spiro atoms. The minimum atomic E-state index is -0.422. The van der Waals surface area contributed by atoms with E-state index in [2.05, 4.69) is 32.7 Å². The molecule has 3 rings (SSSR count). The molecule has 1 saturated heterocycles. The number of rotatable bonds is 2. The zero-order valence-corrected chi connectivity index (χ0v) is 12.6. The fourth-order valence-corrected chi connectivity index (χ4v) is 2.52. The number of aromatic amines is 1. The summed E-state index contributed by atoms with van der Waals surface area (Å²) in [7, 11) is 1.25. The molecular formula is C15H20BNO3. The maximum atomic E-state index is 6.15. The molecule has 1 aliphatic rings. The number of fused-ring (bicyclic) bond motifs is 1. The summed E-state index contributed by atoms with van der Waals surface area (Å²) in [4.78, 5) is 3.21. The standard InChI is InChI=1S/C15H20BNO3/c1-14(2)15(3,4)20-16(19-14)13-10-8-9-17-11(10)6-7-12(13)18-5/h6-9,17H,1-5H3. The number of benzene rings is 1. The van der Waals surface area contributed by atoms with Gasteiger partial charge in [-0.25, -0.2) is 0 Å². The highest BCUT2D eigenvalue weighted by Gasteiger charge is 2.52. The van der Waals surface area contributed by atoms with Crippen molar-refractivity contribution in [3.8, 4) is 5.75 Å². The summed E-state index contributed by atoms with van der Waals surface area (Å²) < 4.78 is 17.8. The molecule has 1 aromatic carbocycles. The van der Waals surface area contributed by atoms with Crippen molar-refractivity contribution in [2.75, 3.05) is 7.11 Å². The molecule has 2 heterocycles. The van der Waals surface area contributed by atoms with E-state index in [1.165, 1.54) is 0 Å². The van der Waals surface area contributed by atoms with Crippen LogP contribution in [0.4, 0.5) is 0 Å². The minimum absolute atomic E-state index is 0.360. The number of H-pyrrole nitrogens is 1. The fourth-order valence-electron chi connectivity index (χ4n) is 2.52. The van der Waals surface area contributed by atoms with E-state index in [-0.39, 0.29) is 11.2 Å². The van der Waals surface area contributed by atoms with Crippen molar-refractivity contribution in [1.29, 1.82) is 0 Å². The van der Waals surface area contributed by atoms with Crippen LogP contribution in [0.25, 0.3) is 10.9 Å². The van der Waals surface area contributed by atoms with Crippen molar-refractivity contribution >= 4 is 23.5 Å². The quantitative estimate of drug-likeness (QED) is 0.855. The Balaban J connectivity index is 2.13. The van der Waals surface area contributed by atoms with Crippen LogP contribution in [0.1, 0.15) is 27.7 Å². The third-order valence-electron chi connectivity index (χ3n) is 4.44. The molecule has 106 valence electrons. The molecule has 20 heavy (non-hydrogen) atoms. The first-order valence-electron chi connectivity index (χ1n) is 6.85. The average Bonchev–Trinajstić information content (AvgIpc) is 2.90. The summed E-state index contributed by atoms with van der Waals surface area (Å²) in [5, 5.41) is 1.07. The molecule has 0 unspecified atom stereocenters. The highest BCUT2D eigenvalue weighted by Crippen LogP contribution is 2.37. The molecule has 0 aliphatic carbocycles. The highest BCUT2D eigenvalue weighted by molar-refractivity contribution is 6.66. The predicted octanol–water partition coefficient (Wildman–Crippen LogP) is 2.48. The smallest absolute Gasteiger partial charge is 0.497 e. The number of nitrogens with one attached hydrogen (secondary N) is 1. The van der Waals surface area contributed by atoms with Crippen molar-refractivity contribution in [1.82, 2.24) is 4.98 Å². The van der Waals surface area contributed by atoms with Gasteiger partial charge in [0.2, 0.25) is 0 Å². The number of ether oxygens (including phenoxy) is 1. The van der Waals surface area contributed by atoms with Gasteiger partial charge in [-0.05, 0) is 45.9 Å². The van der Waals surface area contributed by atoms with E-state index in [0.717, 1.165) is 22.1 Å². The van der Waals surface area contributed by atoms with E-state index in [4.69, 9.17) is 14.0 Å². The Morgan fingerprint density at radius 2 is 1.70 bits per heavy atom. The highest BCUT2D eigenvalue weighted by atomic mass is 16.7. The van der Waals surface area contributed by atoms with Crippen LogP contribution in [-0.2, 0) is 9.31 Å². The topological polar surface area (TPSA) is 43.5 Å². The lowest BCUT2D eigenvalue weighted by Crippen LogP contribution is -2.41. The fraction of sp³-hybridized carbons (Fsp3) is 0.467. The Bertz CT molecular complexity index is 632. The van der Waals surface area contributed by atoms with E-state index in [1.54, 1.807) is 7.11 Å². The first-order chi connectivity index (χ1) is 9.36. The van der Waals surface area contributed by atoms with Crippen molar-refractivity contribution in [2.45, 2.75) is 38.9 Å². The third-order valence-corrected chi connectivity index (χ3v) is 4.44. The summed E-state index contributed by atoms with van der Waals surface area (Å²) >= 11 is 0. The van der Waals surface area contributed by atoms with Gasteiger partial charge in [0.1, 0.15) is 5.75 Å². The molecule has 4 nitrogen and oxygen atoms in total. The largest absolute Gasteiger partial charge is 0.499 e. The number of hydrogen-bond acceptors (Lipinski definition) is 3. The van der Waals surface area contributed by atoms with Crippen LogP contribution < -0.4 is 10.2 Å². The van der Waals surface area contributed by atoms with E-state index in [1.807, 2.05) is 24.4 Å². The van der Waals surface area contributed by atoms with Gasteiger partial charge in [-0.1, -0.05) is 0 Å². The number of methoxy groups -OCH3 is 1. The average molecular weight is 273 g/mol. The Labute approximate surface area is 119 Å². The first kappa shape index (κ1) is 13.5. The van der Waals surface area contributed by atoms with Crippen LogP contribution in [0.3, 0.4) is 0 Å². The second-order valence-electron chi connectivity index (χ2n) is 6.21. The molecule has 2 aromatic rings. The first-order valence-corrected chi connectivity index (χ1v) is 6.85. The summed E-state index contributed by atoms with van der Waals surface area (Å²) in [6, 6.07) is 5.97. The van der Waals surface area contributed by atoms with Crippen LogP contribution in [-0.4, -0.2) is 30.4 Å². The van der Waals surface area contributed by atoms with Gasteiger partial charge in [-0.2, -0.15) is 0 Å². The Kier molecular flexibility index (Phi) is 2.89. The van der Waals surface area contributed by atoms with Crippen molar-refractivity contribution in [3.05, 3.63) is 24.4 Å². The van der Waals surface area contributed by atoms with E-state index < -0.39 is 7.12 Å². The Morgan fingerprint density at radius 3 is 2.30 bits per heavy atom. The minimum Gasteiger partial charge on any atom is -0.497 e. The molecule has 1 aliphatic heterocycles. The van der Waals surface area contributed by atoms with Crippen LogP contribution >= 0.6 is 0 Å². The van der Waals surface area contributed by atoms with Gasteiger partial charge in [0.15, 0.2) is 0 Å². The summed E-state index contributed by atoms with van der Waals surface area (Å²) in [5.41, 5.74) is 1.28. The normalized spacial score (nSPS) is 20.6. The molecule has 0 bridgehead atoms. The monoisotopic (exact) mass is 273 g/mol. The van der Waals surface area contributed by atoms with Crippen molar-refractivity contribution in [3.63, 3.8) is 0 Å². The second-order valence-corrected chi connectivity index (χ2v) is 6.21. The zero-order chi connectivity index (χ0) is 14.5. The lowest BCUT2D eigenvalue weighted by atomic mass is 9.76. The van der Waals surface area contributed by atoms with Crippen molar-refractivity contribution < 1.29 is 14.0 Å². The van der Waals surface area contributed by atoms with Gasteiger partial charge in [0.05, 0.1) is 18.3 Å². The van der Waals surface area contributed by atoms with Gasteiger partial charge in [-0.15, -0.1) is 0 Å². The molecule has 0 atom stereocenters. The Morgan fingerprint density at radius 1 is 1.05 bits per heavy atom. The predicted molar refractivity (Wildman–Crippen MR) is 80.6 cm³/mol. The lowest BCUT2D eigenvalue weighted by molar-refractivity contribution is 0.00578. The third kappa shape index (κ3) is 1.85. The van der Waals surface area contributed by atoms with Crippen LogP contribution in [0, 0.1) is 0 Å². The number of hydrogen-bond donors (Lipinski definition) is 1. The molecule has 0 amide bonds. The van der Waals surface area contributed by atoms with Gasteiger partial charge in [-0.3, -0.25) is 0 Å². The molecule has 1 fully saturated rings. The van der Waals surface area contributed by atoms with Gasteiger partial charge >= 0.3 is 7.12 Å². The van der Waals surface area contributed by atoms with Gasteiger partial charge in [0.25, 0.3) is 0 Å². The molecule has 0 saturated carbocycles. The SMILES string of the molecule is COc1ccc2[nH]ccc2c1B1OC(C)(C)C(C)(C)O1. The summed E-state index contributed by atoms with van der Waals surface area (Å²) in [6.45, 7) is 8.21. The molecular weight excluding hydrogens is 253 g/mol. The second kappa shape index (κ2) is 4.27. The van der Waals surface area contributed by atoms with E-state index >= 15 is 0 Å². The van der Waals surface area contributed by atoms with Crippen molar-refractivity contribution in [2.24, 2.45) is 0 Å². The van der Waals surface area contributed by atoms with Crippen LogP contribution in [0.5, 0.6) is 5.75 Å². The number of aromatic nitrogens is 1. The molecule has 1 aromatic heterocycles.